The number of aromatic nitrogens is 1. The molecule has 0 spiro atoms. The summed E-state index contributed by atoms with van der Waals surface area (Å²) in [5.74, 6) is 1.48. The van der Waals surface area contributed by atoms with Crippen LogP contribution in [0.2, 0.25) is 0 Å². The van der Waals surface area contributed by atoms with Crippen molar-refractivity contribution in [2.24, 2.45) is 9.98 Å². The predicted octanol–water partition coefficient (Wildman–Crippen LogP) is 15.9. The van der Waals surface area contributed by atoms with Crippen LogP contribution in [0.4, 0.5) is 0 Å². The van der Waals surface area contributed by atoms with Crippen LogP contribution in [0, 0.1) is 0 Å². The van der Waals surface area contributed by atoms with E-state index in [1.807, 2.05) is 11.3 Å². The summed E-state index contributed by atoms with van der Waals surface area (Å²) in [7, 11) is 0. The zero-order valence-electron chi connectivity index (χ0n) is 35.6. The summed E-state index contributed by atoms with van der Waals surface area (Å²) in [4.78, 5) is 11.1. The number of para-hydroxylation sites is 1. The quantitative estimate of drug-likeness (QED) is 0.172. The number of hydrogen-bond donors (Lipinski definition) is 1. The van der Waals surface area contributed by atoms with Gasteiger partial charge in [-0.25, -0.2) is 9.98 Å². The Morgan fingerprint density at radius 1 is 0.394 bits per heavy atom. The number of fused-ring (bicyclic) bond motifs is 12. The Kier molecular flexibility index (Phi) is 8.18. The number of nitrogens with zero attached hydrogens (tertiary/aromatic N) is 3. The second-order valence-electron chi connectivity index (χ2n) is 17.3. The molecule has 1 aliphatic rings. The van der Waals surface area contributed by atoms with E-state index >= 15 is 0 Å². The van der Waals surface area contributed by atoms with Crippen LogP contribution >= 0.6 is 11.3 Å². The third-order valence-electron chi connectivity index (χ3n) is 13.6. The molecule has 1 atom stereocenters. The lowest BCUT2D eigenvalue weighted by Crippen LogP contribution is -2.33. The van der Waals surface area contributed by atoms with Crippen molar-refractivity contribution in [2.75, 3.05) is 0 Å². The van der Waals surface area contributed by atoms with E-state index in [9.17, 15) is 0 Å². The summed E-state index contributed by atoms with van der Waals surface area (Å²) in [6.45, 7) is 0. The first kappa shape index (κ1) is 37.0. The monoisotopic (exact) mass is 858 g/mol. The van der Waals surface area contributed by atoms with Crippen LogP contribution in [0.25, 0.3) is 102 Å². The summed E-state index contributed by atoms with van der Waals surface area (Å²) in [6, 6.07) is 79.4. The highest BCUT2D eigenvalue weighted by Gasteiger charge is 2.26. The molecule has 13 aromatic rings. The van der Waals surface area contributed by atoms with Crippen molar-refractivity contribution in [1.82, 2.24) is 9.88 Å². The van der Waals surface area contributed by atoms with Crippen molar-refractivity contribution in [2.45, 2.75) is 6.17 Å². The van der Waals surface area contributed by atoms with Crippen molar-refractivity contribution < 1.29 is 0 Å². The molecule has 1 aliphatic heterocycles. The third-order valence-corrected chi connectivity index (χ3v) is 14.7. The first-order valence-corrected chi connectivity index (χ1v) is 23.3. The molecule has 0 bridgehead atoms. The fraction of sp³-hybridized carbons (Fsp3) is 0.0164. The van der Waals surface area contributed by atoms with Gasteiger partial charge in [0, 0.05) is 47.8 Å². The van der Waals surface area contributed by atoms with Gasteiger partial charge in [-0.05, 0) is 108 Å². The number of thiophene rings is 1. The zero-order valence-corrected chi connectivity index (χ0v) is 36.4. The van der Waals surface area contributed by atoms with Crippen molar-refractivity contribution >= 4 is 108 Å². The molecule has 66 heavy (non-hydrogen) atoms. The highest BCUT2D eigenvalue weighted by atomic mass is 32.1. The van der Waals surface area contributed by atoms with Gasteiger partial charge in [-0.3, -0.25) is 0 Å². The topological polar surface area (TPSA) is 41.7 Å². The van der Waals surface area contributed by atoms with Crippen LogP contribution in [0.3, 0.4) is 0 Å². The maximum Gasteiger partial charge on any atom is 0.160 e. The van der Waals surface area contributed by atoms with Gasteiger partial charge in [-0.1, -0.05) is 170 Å². The molecular weight excluding hydrogens is 821 g/mol. The molecule has 0 saturated carbocycles. The van der Waals surface area contributed by atoms with E-state index in [-0.39, 0.29) is 6.17 Å². The fourth-order valence-corrected chi connectivity index (χ4v) is 11.7. The Morgan fingerprint density at radius 2 is 1.06 bits per heavy atom. The zero-order chi connectivity index (χ0) is 43.3. The lowest BCUT2D eigenvalue weighted by atomic mass is 9.92. The minimum Gasteiger partial charge on any atom is -0.344 e. The van der Waals surface area contributed by atoms with Gasteiger partial charge in [0.05, 0.1) is 11.0 Å². The van der Waals surface area contributed by atoms with Gasteiger partial charge in [-0.15, -0.1) is 11.3 Å². The van der Waals surface area contributed by atoms with E-state index in [1.54, 1.807) is 0 Å². The second-order valence-corrected chi connectivity index (χ2v) is 18.4. The molecule has 0 radical (unpaired) electrons. The van der Waals surface area contributed by atoms with E-state index in [0.29, 0.717) is 5.84 Å². The molecule has 2 aromatic heterocycles. The van der Waals surface area contributed by atoms with Crippen LogP contribution < -0.4 is 5.32 Å². The van der Waals surface area contributed by atoms with Gasteiger partial charge in [0.1, 0.15) is 12.0 Å². The van der Waals surface area contributed by atoms with E-state index < -0.39 is 0 Å². The Labute approximate surface area is 384 Å². The van der Waals surface area contributed by atoms with Crippen molar-refractivity contribution in [3.63, 3.8) is 0 Å². The maximum atomic E-state index is 5.57. The van der Waals surface area contributed by atoms with Crippen LogP contribution in [-0.2, 0) is 0 Å². The molecule has 3 heterocycles. The summed E-state index contributed by atoms with van der Waals surface area (Å²) in [5, 5.41) is 18.5. The van der Waals surface area contributed by atoms with Gasteiger partial charge >= 0.3 is 0 Å². The number of benzene rings is 11. The second kappa shape index (κ2) is 14.6. The van der Waals surface area contributed by atoms with E-state index in [1.165, 1.54) is 79.7 Å². The van der Waals surface area contributed by atoms with Crippen molar-refractivity contribution in [1.29, 1.82) is 0 Å². The van der Waals surface area contributed by atoms with Crippen molar-refractivity contribution in [3.05, 3.63) is 235 Å². The first-order chi connectivity index (χ1) is 32.7. The van der Waals surface area contributed by atoms with Crippen LogP contribution in [-0.4, -0.2) is 16.2 Å². The number of aliphatic imine (C=N–C) groups is 2. The van der Waals surface area contributed by atoms with Crippen LogP contribution in [0.15, 0.2) is 228 Å². The first-order valence-electron chi connectivity index (χ1n) is 22.5. The van der Waals surface area contributed by atoms with Gasteiger partial charge in [-0.2, -0.15) is 0 Å². The SMILES string of the molecule is c1ccc(C2N=C(c3ccc(-n4c5ccccc5c5cc6ccccc6cc54)cc3-c3cccc4sc5ccc6ccccc6c5c34)N=C(c3cccc4c3ccc3ccccc34)N2)cc1. The molecule has 11 aromatic carbocycles. The average Bonchev–Trinajstić information content (AvgIpc) is 3.93. The third kappa shape index (κ3) is 5.70. The molecule has 1 N–H and O–H groups in total. The molecule has 0 fully saturated rings. The van der Waals surface area contributed by atoms with E-state index in [4.69, 9.17) is 9.98 Å². The number of rotatable bonds is 5. The maximum absolute atomic E-state index is 5.57. The van der Waals surface area contributed by atoms with E-state index in [2.05, 4.69) is 228 Å². The standard InChI is InChI=1S/C61H38N4S/c1-2-16-39(17-3-1)59-62-60(49-25-12-23-45-43-20-8-6-14-37(43)28-31-46(45)49)64-61(63-59)50-32-30-42(65-53-26-11-10-22-47(53)52-34-40-18-4-5-19-41(40)35-54(52)65)36-51(50)48-24-13-27-55-58(48)57-44-21-9-7-15-38(44)29-33-56(57)66-55/h1-36,59H,(H,62,63,64). The van der Waals surface area contributed by atoms with Crippen LogP contribution in [0.5, 0.6) is 0 Å². The molecular formula is C61H38N4S. The Morgan fingerprint density at radius 3 is 1.92 bits per heavy atom. The molecule has 5 heteroatoms. The Bertz CT molecular complexity index is 4210. The summed E-state index contributed by atoms with van der Waals surface area (Å²) < 4.78 is 4.97. The summed E-state index contributed by atoms with van der Waals surface area (Å²) in [5.41, 5.74) is 8.74. The lowest BCUT2D eigenvalue weighted by Gasteiger charge is -2.25. The summed E-state index contributed by atoms with van der Waals surface area (Å²) in [6.07, 6.45) is -0.371. The molecule has 1 unspecified atom stereocenters. The largest absolute Gasteiger partial charge is 0.344 e. The van der Waals surface area contributed by atoms with Gasteiger partial charge < -0.3 is 9.88 Å². The number of hydrogen-bond acceptors (Lipinski definition) is 4. The fourth-order valence-electron chi connectivity index (χ4n) is 10.6. The smallest absolute Gasteiger partial charge is 0.160 e. The molecule has 308 valence electrons. The van der Waals surface area contributed by atoms with Gasteiger partial charge in [0.25, 0.3) is 0 Å². The summed E-state index contributed by atoms with van der Waals surface area (Å²) >= 11 is 1.86. The minimum absolute atomic E-state index is 0.371. The Balaban J connectivity index is 1.07. The molecule has 0 aliphatic carbocycles. The predicted molar refractivity (Wildman–Crippen MR) is 281 cm³/mol. The average molecular weight is 859 g/mol. The van der Waals surface area contributed by atoms with Crippen molar-refractivity contribution in [3.8, 4) is 16.8 Å². The molecule has 0 saturated heterocycles. The number of amidine groups is 2. The molecule has 0 amide bonds. The minimum atomic E-state index is -0.371. The lowest BCUT2D eigenvalue weighted by molar-refractivity contribution is 0.674. The van der Waals surface area contributed by atoms with Gasteiger partial charge in [0.2, 0.25) is 0 Å². The van der Waals surface area contributed by atoms with Crippen LogP contribution in [0.1, 0.15) is 22.9 Å². The highest BCUT2D eigenvalue weighted by molar-refractivity contribution is 7.26. The molecule has 14 rings (SSSR count). The van der Waals surface area contributed by atoms with Gasteiger partial charge in [0.15, 0.2) is 5.84 Å². The number of nitrogens with one attached hydrogen (secondary N) is 1. The normalized spacial score (nSPS) is 14.2. The Hall–Kier alpha value is -8.38. The highest BCUT2D eigenvalue weighted by Crippen LogP contribution is 2.45. The molecule has 4 nitrogen and oxygen atoms in total. The van der Waals surface area contributed by atoms with E-state index in [0.717, 1.165) is 44.7 Å².